The van der Waals surface area contributed by atoms with Crippen molar-refractivity contribution in [3.8, 4) is 5.69 Å². The van der Waals surface area contributed by atoms with E-state index < -0.39 is 0 Å². The second-order valence-electron chi connectivity index (χ2n) is 3.26. The Labute approximate surface area is 87.0 Å². The summed E-state index contributed by atoms with van der Waals surface area (Å²) >= 11 is 0. The second kappa shape index (κ2) is 3.20. The summed E-state index contributed by atoms with van der Waals surface area (Å²) in [6, 6.07) is 14.2. The molecule has 0 saturated heterocycles. The van der Waals surface area contributed by atoms with E-state index in [2.05, 4.69) is 34.6 Å². The van der Waals surface area contributed by atoms with Crippen LogP contribution in [0.3, 0.4) is 0 Å². The molecule has 3 rings (SSSR count). The Morgan fingerprint density at radius 3 is 2.73 bits per heavy atom. The first-order valence-electron chi connectivity index (χ1n) is 4.72. The molecule has 1 heterocycles. The van der Waals surface area contributed by atoms with Gasteiger partial charge in [-0.15, -0.1) is 5.10 Å². The predicted octanol–water partition coefficient (Wildman–Crippen LogP) is 2.22. The molecule has 0 aliphatic rings. The van der Waals surface area contributed by atoms with Gasteiger partial charge in [-0.2, -0.15) is 9.90 Å². The number of hydrogen-bond acceptors (Lipinski definition) is 2. The molecule has 0 aliphatic carbocycles. The summed E-state index contributed by atoms with van der Waals surface area (Å²) in [6.45, 7) is 0. The van der Waals surface area contributed by atoms with Crippen LogP contribution in [-0.2, 0) is 0 Å². The minimum atomic E-state index is 0.981. The van der Waals surface area contributed by atoms with Crippen molar-refractivity contribution in [3.05, 3.63) is 54.9 Å². The van der Waals surface area contributed by atoms with Crippen molar-refractivity contribution in [3.63, 3.8) is 0 Å². The molecule has 0 bridgehead atoms. The number of rotatable bonds is 1. The van der Waals surface area contributed by atoms with Crippen LogP contribution in [0.4, 0.5) is 0 Å². The SMILES string of the molecule is [c]1cnn(-c2cccc3ccccc23)n1. The van der Waals surface area contributed by atoms with Crippen molar-refractivity contribution < 1.29 is 0 Å². The minimum absolute atomic E-state index is 0.981. The Morgan fingerprint density at radius 1 is 1.00 bits per heavy atom. The predicted molar refractivity (Wildman–Crippen MR) is 57.7 cm³/mol. The lowest BCUT2D eigenvalue weighted by atomic mass is 10.1. The molecule has 0 fully saturated rings. The summed E-state index contributed by atoms with van der Waals surface area (Å²) in [7, 11) is 0. The first kappa shape index (κ1) is 8.17. The second-order valence-corrected chi connectivity index (χ2v) is 3.26. The Morgan fingerprint density at radius 2 is 1.87 bits per heavy atom. The highest BCUT2D eigenvalue weighted by molar-refractivity contribution is 5.89. The summed E-state index contributed by atoms with van der Waals surface area (Å²) < 4.78 is 0. The minimum Gasteiger partial charge on any atom is -0.156 e. The van der Waals surface area contributed by atoms with E-state index in [0.29, 0.717) is 0 Å². The Bertz CT molecular complexity index is 579. The fraction of sp³-hybridized carbons (Fsp3) is 0. The van der Waals surface area contributed by atoms with Crippen LogP contribution in [0, 0.1) is 6.20 Å². The largest absolute Gasteiger partial charge is 0.156 e. The van der Waals surface area contributed by atoms with Crippen LogP contribution in [0.5, 0.6) is 0 Å². The van der Waals surface area contributed by atoms with E-state index in [0.717, 1.165) is 11.1 Å². The average Bonchev–Trinajstić information content (AvgIpc) is 2.82. The van der Waals surface area contributed by atoms with Crippen molar-refractivity contribution in [1.29, 1.82) is 0 Å². The van der Waals surface area contributed by atoms with Crippen molar-refractivity contribution in [2.75, 3.05) is 0 Å². The van der Waals surface area contributed by atoms with Gasteiger partial charge >= 0.3 is 0 Å². The monoisotopic (exact) mass is 194 g/mol. The van der Waals surface area contributed by atoms with Gasteiger partial charge in [-0.25, -0.2) is 0 Å². The maximum Gasteiger partial charge on any atom is 0.135 e. The molecule has 1 radical (unpaired) electrons. The zero-order valence-corrected chi connectivity index (χ0v) is 7.96. The summed E-state index contributed by atoms with van der Waals surface area (Å²) in [5.41, 5.74) is 0.981. The fourth-order valence-corrected chi connectivity index (χ4v) is 1.69. The fourth-order valence-electron chi connectivity index (χ4n) is 1.69. The quantitative estimate of drug-likeness (QED) is 0.594. The standard InChI is InChI=1S/C12H8N3/c1-2-6-11-10(4-1)5-3-7-12(11)15-13-8-9-14-15/h1-8H. The van der Waals surface area contributed by atoms with Gasteiger partial charge in [0, 0.05) is 5.39 Å². The highest BCUT2D eigenvalue weighted by Gasteiger charge is 2.02. The lowest BCUT2D eigenvalue weighted by Gasteiger charge is -2.04. The van der Waals surface area contributed by atoms with Gasteiger partial charge in [0.1, 0.15) is 6.20 Å². The molecule has 71 valence electrons. The summed E-state index contributed by atoms with van der Waals surface area (Å²) in [5.74, 6) is 0. The molecule has 0 spiro atoms. The molecule has 2 aromatic carbocycles. The molecular weight excluding hydrogens is 186 g/mol. The van der Waals surface area contributed by atoms with Gasteiger partial charge in [0.05, 0.1) is 11.9 Å². The molecule has 1 aromatic heterocycles. The van der Waals surface area contributed by atoms with Crippen LogP contribution >= 0.6 is 0 Å². The van der Waals surface area contributed by atoms with E-state index in [4.69, 9.17) is 0 Å². The first-order chi connectivity index (χ1) is 7.45. The normalized spacial score (nSPS) is 10.7. The highest BCUT2D eigenvalue weighted by Crippen LogP contribution is 2.20. The van der Waals surface area contributed by atoms with Gasteiger partial charge in [-0.05, 0) is 11.5 Å². The van der Waals surface area contributed by atoms with E-state index in [-0.39, 0.29) is 0 Å². The van der Waals surface area contributed by atoms with Crippen LogP contribution < -0.4 is 0 Å². The van der Waals surface area contributed by atoms with E-state index in [1.54, 1.807) is 11.0 Å². The molecule has 0 atom stereocenters. The zero-order chi connectivity index (χ0) is 10.1. The first-order valence-corrected chi connectivity index (χ1v) is 4.72. The van der Waals surface area contributed by atoms with Crippen molar-refractivity contribution in [2.45, 2.75) is 0 Å². The van der Waals surface area contributed by atoms with Crippen molar-refractivity contribution in [2.24, 2.45) is 0 Å². The number of nitrogens with zero attached hydrogens (tertiary/aromatic N) is 3. The topological polar surface area (TPSA) is 30.7 Å². The third-order valence-corrected chi connectivity index (χ3v) is 2.36. The summed E-state index contributed by atoms with van der Waals surface area (Å²) in [4.78, 5) is 1.59. The third-order valence-electron chi connectivity index (χ3n) is 2.36. The number of fused-ring (bicyclic) bond motifs is 1. The lowest BCUT2D eigenvalue weighted by molar-refractivity contribution is 0.756. The van der Waals surface area contributed by atoms with Gasteiger partial charge in [0.25, 0.3) is 0 Å². The molecule has 3 nitrogen and oxygen atoms in total. The Balaban J connectivity index is 2.36. The molecular formula is C12H8N3. The Kier molecular flexibility index (Phi) is 1.75. The number of hydrogen-bond donors (Lipinski definition) is 0. The average molecular weight is 194 g/mol. The van der Waals surface area contributed by atoms with E-state index in [1.807, 2.05) is 24.3 Å². The number of benzene rings is 2. The van der Waals surface area contributed by atoms with Crippen molar-refractivity contribution in [1.82, 2.24) is 15.0 Å². The lowest BCUT2D eigenvalue weighted by Crippen LogP contribution is -1.98. The third kappa shape index (κ3) is 1.29. The van der Waals surface area contributed by atoms with E-state index in [1.165, 1.54) is 5.39 Å². The molecule has 0 N–H and O–H groups in total. The molecule has 0 unspecified atom stereocenters. The van der Waals surface area contributed by atoms with Crippen LogP contribution in [0.15, 0.2) is 48.7 Å². The van der Waals surface area contributed by atoms with Gasteiger partial charge in [-0.1, -0.05) is 36.4 Å². The van der Waals surface area contributed by atoms with Crippen LogP contribution in [-0.4, -0.2) is 15.0 Å². The number of aromatic nitrogens is 3. The van der Waals surface area contributed by atoms with E-state index >= 15 is 0 Å². The molecule has 0 saturated carbocycles. The smallest absolute Gasteiger partial charge is 0.135 e. The van der Waals surface area contributed by atoms with Crippen LogP contribution in [0.1, 0.15) is 0 Å². The molecule has 0 amide bonds. The van der Waals surface area contributed by atoms with Gasteiger partial charge in [-0.3, -0.25) is 0 Å². The molecule has 0 aliphatic heterocycles. The zero-order valence-electron chi connectivity index (χ0n) is 7.96. The summed E-state index contributed by atoms with van der Waals surface area (Å²) in [6.07, 6.45) is 4.25. The Hall–Kier alpha value is -2.16. The summed E-state index contributed by atoms with van der Waals surface area (Å²) in [5, 5.41) is 10.4. The van der Waals surface area contributed by atoms with E-state index in [9.17, 15) is 0 Å². The maximum atomic E-state index is 4.09. The van der Waals surface area contributed by atoms with Gasteiger partial charge in [0.15, 0.2) is 0 Å². The molecule has 3 heteroatoms. The maximum absolute atomic E-state index is 4.09. The van der Waals surface area contributed by atoms with Gasteiger partial charge < -0.3 is 0 Å². The van der Waals surface area contributed by atoms with Gasteiger partial charge in [0.2, 0.25) is 0 Å². The van der Waals surface area contributed by atoms with Crippen LogP contribution in [0.2, 0.25) is 0 Å². The molecule has 3 aromatic rings. The van der Waals surface area contributed by atoms with Crippen LogP contribution in [0.25, 0.3) is 16.5 Å². The molecule has 15 heavy (non-hydrogen) atoms. The highest BCUT2D eigenvalue weighted by atomic mass is 15.5. The van der Waals surface area contributed by atoms with Crippen molar-refractivity contribution >= 4 is 10.8 Å².